The average Bonchev–Trinajstić information content (AvgIpc) is 3.06. The SMILES string of the molecule is CC(C)(C)[Si](C)(C)N(CC=Nc1ccc2ccccc2c1-c1c(N=CCN([Si](C)(C)C(C)(C)C)[Si](C)(C)C(C)(C)C)ccc2ccccc12)[Si](C)(C)C(C)(C)C. The third kappa shape index (κ3) is 8.91. The molecule has 0 heterocycles. The maximum atomic E-state index is 5.47. The van der Waals surface area contributed by atoms with E-state index in [0.29, 0.717) is 0 Å². The Morgan fingerprint density at radius 1 is 0.411 bits per heavy atom. The molecular formula is C48H78N4Si4. The van der Waals surface area contributed by atoms with E-state index in [0.717, 1.165) is 24.5 Å². The first kappa shape index (κ1) is 46.2. The van der Waals surface area contributed by atoms with Gasteiger partial charge in [0, 0.05) is 36.6 Å². The van der Waals surface area contributed by atoms with Crippen molar-refractivity contribution in [2.75, 3.05) is 13.1 Å². The average molecular weight is 824 g/mol. The van der Waals surface area contributed by atoms with Gasteiger partial charge in [0.15, 0.2) is 0 Å². The largest absolute Gasteiger partial charge is 0.340 e. The molecule has 4 aromatic carbocycles. The summed E-state index contributed by atoms with van der Waals surface area (Å²) in [5.41, 5.74) is 4.34. The molecule has 0 saturated carbocycles. The van der Waals surface area contributed by atoms with Gasteiger partial charge >= 0.3 is 0 Å². The monoisotopic (exact) mass is 823 g/mol. The van der Waals surface area contributed by atoms with Gasteiger partial charge in [-0.05, 0) is 53.8 Å². The van der Waals surface area contributed by atoms with Crippen molar-refractivity contribution in [2.45, 2.75) is 156 Å². The van der Waals surface area contributed by atoms with Crippen molar-refractivity contribution < 1.29 is 0 Å². The van der Waals surface area contributed by atoms with Gasteiger partial charge in [-0.15, -0.1) is 0 Å². The first-order valence-corrected chi connectivity index (χ1v) is 32.8. The summed E-state index contributed by atoms with van der Waals surface area (Å²) in [5, 5.41) is 5.77. The predicted octanol–water partition coefficient (Wildman–Crippen LogP) is 15.7. The molecule has 0 N–H and O–H groups in total. The fourth-order valence-corrected chi connectivity index (χ4v) is 28.2. The van der Waals surface area contributed by atoms with Crippen LogP contribution in [0.3, 0.4) is 0 Å². The predicted molar refractivity (Wildman–Crippen MR) is 265 cm³/mol. The maximum absolute atomic E-state index is 5.47. The number of benzene rings is 4. The van der Waals surface area contributed by atoms with E-state index in [1.54, 1.807) is 0 Å². The second kappa shape index (κ2) is 15.9. The van der Waals surface area contributed by atoms with E-state index in [1.807, 2.05) is 0 Å². The molecule has 0 fully saturated rings. The van der Waals surface area contributed by atoms with Crippen molar-refractivity contribution in [3.05, 3.63) is 72.8 Å². The van der Waals surface area contributed by atoms with Gasteiger partial charge in [-0.25, -0.2) is 0 Å². The van der Waals surface area contributed by atoms with Crippen molar-refractivity contribution in [3.8, 4) is 11.1 Å². The van der Waals surface area contributed by atoms with Gasteiger partial charge in [0.1, 0.15) is 32.9 Å². The van der Waals surface area contributed by atoms with Crippen LogP contribution in [0.4, 0.5) is 11.4 Å². The van der Waals surface area contributed by atoms with Crippen LogP contribution in [0.25, 0.3) is 32.7 Å². The van der Waals surface area contributed by atoms with Crippen LogP contribution >= 0.6 is 0 Å². The van der Waals surface area contributed by atoms with Crippen molar-refractivity contribution in [1.29, 1.82) is 0 Å². The highest BCUT2D eigenvalue weighted by molar-refractivity contribution is 6.94. The second-order valence-electron chi connectivity index (χ2n) is 22.4. The van der Waals surface area contributed by atoms with Crippen LogP contribution in [0, 0.1) is 0 Å². The number of hydrogen-bond donors (Lipinski definition) is 0. The van der Waals surface area contributed by atoms with Crippen molar-refractivity contribution in [1.82, 2.24) is 8.46 Å². The Morgan fingerprint density at radius 2 is 0.679 bits per heavy atom. The quantitative estimate of drug-likeness (QED) is 0.111. The molecule has 4 rings (SSSR count). The first-order valence-electron chi connectivity index (χ1n) is 21.0. The molecule has 0 atom stereocenters. The third-order valence-corrected chi connectivity index (χ3v) is 42.6. The Kier molecular flexibility index (Phi) is 13.2. The number of nitrogens with zero attached hydrogens (tertiary/aromatic N) is 4. The Morgan fingerprint density at radius 3 is 0.946 bits per heavy atom. The van der Waals surface area contributed by atoms with Gasteiger partial charge in [-0.1, -0.05) is 196 Å². The highest BCUT2D eigenvalue weighted by atomic mass is 28.4. The smallest absolute Gasteiger partial charge is 0.121 e. The van der Waals surface area contributed by atoms with Crippen molar-refractivity contribution >= 4 is 78.3 Å². The lowest BCUT2D eigenvalue weighted by Crippen LogP contribution is -2.68. The van der Waals surface area contributed by atoms with Crippen LogP contribution in [-0.2, 0) is 0 Å². The molecule has 0 amide bonds. The zero-order chi connectivity index (χ0) is 42.5. The van der Waals surface area contributed by atoms with Gasteiger partial charge in [0.2, 0.25) is 0 Å². The summed E-state index contributed by atoms with van der Waals surface area (Å²) < 4.78 is 5.91. The van der Waals surface area contributed by atoms with E-state index in [1.165, 1.54) is 32.7 Å². The summed E-state index contributed by atoms with van der Waals surface area (Å²) in [6, 6.07) is 26.6. The summed E-state index contributed by atoms with van der Waals surface area (Å²) in [5.74, 6) is 0. The molecule has 306 valence electrons. The van der Waals surface area contributed by atoms with Crippen LogP contribution in [0.1, 0.15) is 83.1 Å². The highest BCUT2D eigenvalue weighted by Crippen LogP contribution is 2.49. The summed E-state index contributed by atoms with van der Waals surface area (Å²) in [6.07, 6.45) is 4.47. The fourth-order valence-electron chi connectivity index (χ4n) is 7.63. The molecule has 8 heteroatoms. The maximum Gasteiger partial charge on any atom is 0.121 e. The third-order valence-electron chi connectivity index (χ3n) is 15.1. The lowest BCUT2D eigenvalue weighted by molar-refractivity contribution is 0.556. The van der Waals surface area contributed by atoms with E-state index in [2.05, 4.69) is 229 Å². The number of aliphatic imine (C=N–C) groups is 2. The van der Waals surface area contributed by atoms with E-state index >= 15 is 0 Å². The Hall–Kier alpha value is -2.47. The normalized spacial score (nSPS) is 14.8. The van der Waals surface area contributed by atoms with Crippen LogP contribution in [-0.4, -0.2) is 66.9 Å². The molecular weight excluding hydrogens is 745 g/mol. The molecule has 4 aromatic rings. The van der Waals surface area contributed by atoms with Gasteiger partial charge in [0.05, 0.1) is 11.4 Å². The minimum atomic E-state index is -1.87. The topological polar surface area (TPSA) is 31.2 Å². The van der Waals surface area contributed by atoms with E-state index in [-0.39, 0.29) is 20.2 Å². The molecule has 0 aliphatic rings. The molecule has 0 aliphatic heterocycles. The van der Waals surface area contributed by atoms with Gasteiger partial charge in [-0.3, -0.25) is 9.98 Å². The fraction of sp³-hybridized carbons (Fsp3) is 0.542. The summed E-state index contributed by atoms with van der Waals surface area (Å²) >= 11 is 0. The molecule has 0 bridgehead atoms. The zero-order valence-corrected chi connectivity index (χ0v) is 43.3. The number of hydrogen-bond acceptors (Lipinski definition) is 4. The van der Waals surface area contributed by atoms with Crippen LogP contribution in [0.5, 0.6) is 0 Å². The first-order chi connectivity index (χ1) is 25.4. The lowest BCUT2D eigenvalue weighted by Gasteiger charge is -2.56. The summed E-state index contributed by atoms with van der Waals surface area (Å²) in [6.45, 7) is 51.6. The molecule has 0 aromatic heterocycles. The standard InChI is InChI=1S/C48H78N4Si4/c1-45(2,3)53(13,14)51(54(15,16)46(4,5)6)35-33-49-41-31-29-37-25-21-23-27-39(37)43(41)44-40-28-24-22-26-38(40)30-32-42(44)50-34-36-52(55(17,18)47(7,8)9)56(19,20)48(10,11)12/h21-34H,35-36H2,1-20H3. The van der Waals surface area contributed by atoms with E-state index in [9.17, 15) is 0 Å². The Labute approximate surface area is 347 Å². The van der Waals surface area contributed by atoms with Crippen LogP contribution < -0.4 is 0 Å². The van der Waals surface area contributed by atoms with Gasteiger partial charge in [0.25, 0.3) is 0 Å². The minimum absolute atomic E-state index is 0.227. The Balaban J connectivity index is 1.96. The van der Waals surface area contributed by atoms with E-state index < -0.39 is 32.9 Å². The molecule has 0 spiro atoms. The second-order valence-corrected chi connectivity index (χ2v) is 44.0. The number of fused-ring (bicyclic) bond motifs is 2. The summed E-state index contributed by atoms with van der Waals surface area (Å²) in [7, 11) is -7.49. The highest BCUT2D eigenvalue weighted by Gasteiger charge is 2.52. The molecule has 4 nitrogen and oxygen atoms in total. The van der Waals surface area contributed by atoms with Crippen LogP contribution in [0.2, 0.25) is 72.5 Å². The minimum Gasteiger partial charge on any atom is -0.340 e. The van der Waals surface area contributed by atoms with Gasteiger partial charge in [-0.2, -0.15) is 0 Å². The molecule has 56 heavy (non-hydrogen) atoms. The zero-order valence-electron chi connectivity index (χ0n) is 39.3. The van der Waals surface area contributed by atoms with Gasteiger partial charge < -0.3 is 8.46 Å². The van der Waals surface area contributed by atoms with Crippen molar-refractivity contribution in [2.24, 2.45) is 9.98 Å². The van der Waals surface area contributed by atoms with Crippen molar-refractivity contribution in [3.63, 3.8) is 0 Å². The number of rotatable bonds is 11. The van der Waals surface area contributed by atoms with E-state index in [4.69, 9.17) is 9.98 Å². The molecule has 0 radical (unpaired) electrons. The lowest BCUT2D eigenvalue weighted by atomic mass is 9.91. The summed E-state index contributed by atoms with van der Waals surface area (Å²) in [4.78, 5) is 10.9. The molecule has 0 unspecified atom stereocenters. The Bertz CT molecular complexity index is 1860. The van der Waals surface area contributed by atoms with Crippen LogP contribution in [0.15, 0.2) is 82.8 Å². The molecule has 0 saturated heterocycles. The molecule has 0 aliphatic carbocycles.